The normalized spacial score (nSPS) is 11.4. The van der Waals surface area contributed by atoms with Crippen LogP contribution >= 0.6 is 0 Å². The first-order valence-corrected chi connectivity index (χ1v) is 2.91. The monoisotopic (exact) mass is 113 g/mol. The second kappa shape index (κ2) is 2.85. The van der Waals surface area contributed by atoms with Crippen LogP contribution in [0.1, 0.15) is 26.7 Å². The third-order valence-corrected chi connectivity index (χ3v) is 1.43. The van der Waals surface area contributed by atoms with E-state index in [9.17, 15) is 4.79 Å². The highest BCUT2D eigenvalue weighted by Gasteiger charge is 2.12. The third-order valence-electron chi connectivity index (χ3n) is 1.43. The average Bonchev–Trinajstić information content (AvgIpc) is 1.67. The molecule has 1 atom stereocenters. The molecule has 0 aromatic rings. The van der Waals surface area contributed by atoms with Gasteiger partial charge in [0.1, 0.15) is 6.29 Å². The predicted molar refractivity (Wildman–Crippen MR) is 34.4 cm³/mol. The highest BCUT2D eigenvalue weighted by molar-refractivity contribution is 5.50. The summed E-state index contributed by atoms with van der Waals surface area (Å²) in [5.41, 5.74) is -0.0260. The predicted octanol–water partition coefficient (Wildman–Crippen LogP) is 1.83. The molecule has 0 heterocycles. The van der Waals surface area contributed by atoms with Gasteiger partial charge in [-0.1, -0.05) is 20.3 Å². The van der Waals surface area contributed by atoms with Crippen LogP contribution < -0.4 is 0 Å². The van der Waals surface area contributed by atoms with E-state index in [2.05, 4.69) is 6.92 Å². The molecule has 8 heavy (non-hydrogen) atoms. The first-order valence-electron chi connectivity index (χ1n) is 2.91. The zero-order valence-electron chi connectivity index (χ0n) is 5.61. The molecule has 0 aliphatic rings. The molecular formula is C7H13O. The highest BCUT2D eigenvalue weighted by atomic mass is 16.1. The summed E-state index contributed by atoms with van der Waals surface area (Å²) in [7, 11) is 0. The first kappa shape index (κ1) is 7.67. The minimum Gasteiger partial charge on any atom is -0.303 e. The first-order chi connectivity index (χ1) is 3.62. The van der Waals surface area contributed by atoms with Gasteiger partial charge in [-0.25, -0.2) is 0 Å². The smallest absolute Gasteiger partial charge is 0.120 e. The molecule has 0 aliphatic carbocycles. The molecule has 1 radical (unpaired) electrons. The zero-order chi connectivity index (χ0) is 6.62. The lowest BCUT2D eigenvalue weighted by molar-refractivity contribution is -0.109. The summed E-state index contributed by atoms with van der Waals surface area (Å²) in [4.78, 5) is 9.94. The van der Waals surface area contributed by atoms with Crippen LogP contribution in [-0.4, -0.2) is 6.29 Å². The molecule has 1 nitrogen and oxygen atoms in total. The van der Waals surface area contributed by atoms with Crippen molar-refractivity contribution in [1.82, 2.24) is 0 Å². The summed E-state index contributed by atoms with van der Waals surface area (Å²) in [6.07, 6.45) is 2.46. The van der Waals surface area contributed by atoms with Gasteiger partial charge in [0.25, 0.3) is 0 Å². The van der Waals surface area contributed by atoms with E-state index in [1.807, 2.05) is 13.8 Å². The van der Waals surface area contributed by atoms with E-state index in [1.165, 1.54) is 0 Å². The highest BCUT2D eigenvalue weighted by Crippen LogP contribution is 2.21. The average molecular weight is 113 g/mol. The fraction of sp³-hybridized carbons (Fsp3) is 0.714. The van der Waals surface area contributed by atoms with E-state index in [-0.39, 0.29) is 5.41 Å². The summed E-state index contributed by atoms with van der Waals surface area (Å²) >= 11 is 0. The maximum Gasteiger partial charge on any atom is 0.120 e. The Labute approximate surface area is 51.1 Å². The van der Waals surface area contributed by atoms with E-state index < -0.39 is 0 Å². The fourth-order valence-electron chi connectivity index (χ4n) is 0.346. The molecule has 0 amide bonds. The van der Waals surface area contributed by atoms with Gasteiger partial charge in [-0.05, 0) is 12.3 Å². The van der Waals surface area contributed by atoms with E-state index in [4.69, 9.17) is 0 Å². The van der Waals surface area contributed by atoms with Crippen LogP contribution in [0.3, 0.4) is 0 Å². The number of aldehydes is 1. The molecule has 0 N–H and O–H groups in total. The van der Waals surface area contributed by atoms with Crippen molar-refractivity contribution >= 4 is 6.29 Å². The topological polar surface area (TPSA) is 17.1 Å². The molecule has 0 bridgehead atoms. The molecule has 0 aliphatic heterocycles. The molecule has 0 aromatic heterocycles. The molecule has 0 saturated heterocycles. The summed E-state index contributed by atoms with van der Waals surface area (Å²) in [6.45, 7) is 7.87. The molecule has 1 unspecified atom stereocenters. The van der Waals surface area contributed by atoms with Crippen molar-refractivity contribution in [2.45, 2.75) is 26.7 Å². The van der Waals surface area contributed by atoms with Crippen LogP contribution in [0.2, 0.25) is 0 Å². The summed E-state index contributed by atoms with van der Waals surface area (Å²) in [6, 6.07) is 0. The molecule has 0 rings (SSSR count). The SMILES string of the molecule is [CH2]C(C)(CC)CC=O. The Morgan fingerprint density at radius 1 is 1.75 bits per heavy atom. The van der Waals surface area contributed by atoms with Crippen LogP contribution in [-0.2, 0) is 4.79 Å². The van der Waals surface area contributed by atoms with Crippen LogP contribution in [0.5, 0.6) is 0 Å². The Kier molecular flexibility index (Phi) is 2.74. The number of carbonyl (C=O) groups is 1. The summed E-state index contributed by atoms with van der Waals surface area (Å²) in [5, 5.41) is 0. The van der Waals surface area contributed by atoms with E-state index in [0.29, 0.717) is 6.42 Å². The molecule has 0 aromatic carbocycles. The fourth-order valence-corrected chi connectivity index (χ4v) is 0.346. The molecule has 0 fully saturated rings. The van der Waals surface area contributed by atoms with Gasteiger partial charge in [0, 0.05) is 6.42 Å². The lowest BCUT2D eigenvalue weighted by Gasteiger charge is -2.17. The van der Waals surface area contributed by atoms with Crippen molar-refractivity contribution in [2.24, 2.45) is 5.41 Å². The van der Waals surface area contributed by atoms with Crippen molar-refractivity contribution in [2.75, 3.05) is 0 Å². The van der Waals surface area contributed by atoms with E-state index in [1.54, 1.807) is 0 Å². The molecule has 0 spiro atoms. The zero-order valence-corrected chi connectivity index (χ0v) is 5.61. The van der Waals surface area contributed by atoms with Gasteiger partial charge in [0.2, 0.25) is 0 Å². The van der Waals surface area contributed by atoms with E-state index in [0.717, 1.165) is 12.7 Å². The Morgan fingerprint density at radius 2 is 2.25 bits per heavy atom. The Bertz CT molecular complexity index is 74.5. The number of carbonyl (C=O) groups excluding carboxylic acids is 1. The Morgan fingerprint density at radius 3 is 2.38 bits per heavy atom. The third kappa shape index (κ3) is 2.78. The lowest BCUT2D eigenvalue weighted by atomic mass is 9.87. The molecule has 1 heteroatoms. The molecule has 0 saturated carbocycles. The van der Waals surface area contributed by atoms with Gasteiger partial charge in [0.05, 0.1) is 0 Å². The summed E-state index contributed by atoms with van der Waals surface area (Å²) < 4.78 is 0. The van der Waals surface area contributed by atoms with Crippen molar-refractivity contribution in [3.8, 4) is 0 Å². The standard InChI is InChI=1S/C7H13O/c1-4-7(2,3)5-6-8/h6H,2,4-5H2,1,3H3. The molecular weight excluding hydrogens is 100 g/mol. The lowest BCUT2D eigenvalue weighted by Crippen LogP contribution is -2.09. The number of hydrogen-bond donors (Lipinski definition) is 0. The molecule has 47 valence electrons. The van der Waals surface area contributed by atoms with Crippen LogP contribution in [0.25, 0.3) is 0 Å². The Hall–Kier alpha value is -0.330. The number of hydrogen-bond acceptors (Lipinski definition) is 1. The maximum atomic E-state index is 9.94. The van der Waals surface area contributed by atoms with Crippen molar-refractivity contribution in [3.63, 3.8) is 0 Å². The number of rotatable bonds is 3. The Balaban J connectivity index is 3.53. The van der Waals surface area contributed by atoms with Crippen molar-refractivity contribution in [3.05, 3.63) is 6.92 Å². The van der Waals surface area contributed by atoms with Crippen LogP contribution in [0.4, 0.5) is 0 Å². The summed E-state index contributed by atoms with van der Waals surface area (Å²) in [5.74, 6) is 0. The maximum absolute atomic E-state index is 9.94. The second-order valence-electron chi connectivity index (χ2n) is 2.54. The quantitative estimate of drug-likeness (QED) is 0.510. The van der Waals surface area contributed by atoms with Gasteiger partial charge < -0.3 is 4.79 Å². The van der Waals surface area contributed by atoms with Crippen molar-refractivity contribution < 1.29 is 4.79 Å². The van der Waals surface area contributed by atoms with Crippen LogP contribution in [0.15, 0.2) is 0 Å². The second-order valence-corrected chi connectivity index (χ2v) is 2.54. The van der Waals surface area contributed by atoms with Gasteiger partial charge >= 0.3 is 0 Å². The van der Waals surface area contributed by atoms with Crippen LogP contribution in [0, 0.1) is 12.3 Å². The van der Waals surface area contributed by atoms with Gasteiger partial charge in [0.15, 0.2) is 0 Å². The van der Waals surface area contributed by atoms with Crippen molar-refractivity contribution in [1.29, 1.82) is 0 Å². The van der Waals surface area contributed by atoms with Gasteiger partial charge in [-0.15, -0.1) is 0 Å². The van der Waals surface area contributed by atoms with Gasteiger partial charge in [-0.3, -0.25) is 0 Å². The minimum atomic E-state index is -0.0260. The minimum absolute atomic E-state index is 0.0260. The largest absolute Gasteiger partial charge is 0.303 e. The van der Waals surface area contributed by atoms with Gasteiger partial charge in [-0.2, -0.15) is 0 Å². The van der Waals surface area contributed by atoms with E-state index >= 15 is 0 Å².